The Hall–Kier alpha value is -1.80. The van der Waals surface area contributed by atoms with E-state index in [0.717, 1.165) is 24.6 Å². The van der Waals surface area contributed by atoms with Crippen molar-refractivity contribution in [2.45, 2.75) is 39.7 Å². The number of hydrogen-bond donors (Lipinski definition) is 1. The molecule has 1 N–H and O–H groups in total. The van der Waals surface area contributed by atoms with Crippen molar-refractivity contribution in [1.29, 1.82) is 0 Å². The van der Waals surface area contributed by atoms with Gasteiger partial charge in [-0.2, -0.15) is 0 Å². The molecule has 0 fully saturated rings. The molecule has 21 heavy (non-hydrogen) atoms. The van der Waals surface area contributed by atoms with Crippen LogP contribution >= 0.6 is 0 Å². The maximum Gasteiger partial charge on any atom is 0.127 e. The zero-order valence-corrected chi connectivity index (χ0v) is 12.9. The van der Waals surface area contributed by atoms with Gasteiger partial charge in [-0.1, -0.05) is 19.1 Å². The third-order valence-electron chi connectivity index (χ3n) is 4.19. The molecule has 0 heterocycles. The maximum absolute atomic E-state index is 6.02. The van der Waals surface area contributed by atoms with E-state index in [1.807, 2.05) is 0 Å². The molecule has 0 saturated heterocycles. The van der Waals surface area contributed by atoms with Gasteiger partial charge in [0.05, 0.1) is 0 Å². The molecule has 3 rings (SSSR count). The van der Waals surface area contributed by atoms with Crippen molar-refractivity contribution in [1.82, 2.24) is 5.32 Å². The number of fused-ring (bicyclic) bond motifs is 1. The summed E-state index contributed by atoms with van der Waals surface area (Å²) in [6.07, 6.45) is 3.68. The fourth-order valence-corrected chi connectivity index (χ4v) is 2.94. The van der Waals surface area contributed by atoms with E-state index in [2.05, 4.69) is 55.6 Å². The Balaban J connectivity index is 1.74. The van der Waals surface area contributed by atoms with Crippen LogP contribution in [-0.4, -0.2) is 6.54 Å². The molecule has 0 bridgehead atoms. The van der Waals surface area contributed by atoms with Gasteiger partial charge in [-0.3, -0.25) is 0 Å². The summed E-state index contributed by atoms with van der Waals surface area (Å²) >= 11 is 0. The normalized spacial score (nSPS) is 13.2. The summed E-state index contributed by atoms with van der Waals surface area (Å²) in [6, 6.07) is 12.8. The minimum atomic E-state index is 0.918. The molecular formula is C19H23NO. The predicted octanol–water partition coefficient (Wildman–Crippen LogP) is 4.39. The SMILES string of the molecule is CCNCc1ccc(Oc2ccc3c(c2)CCC3)cc1C. The number of aryl methyl sites for hydroxylation is 3. The summed E-state index contributed by atoms with van der Waals surface area (Å²) in [5.41, 5.74) is 5.54. The molecule has 2 aromatic carbocycles. The molecule has 0 radical (unpaired) electrons. The van der Waals surface area contributed by atoms with Gasteiger partial charge in [-0.15, -0.1) is 0 Å². The molecular weight excluding hydrogens is 258 g/mol. The first kappa shape index (κ1) is 14.2. The highest BCUT2D eigenvalue weighted by Crippen LogP contribution is 2.29. The molecule has 110 valence electrons. The second-order valence-electron chi connectivity index (χ2n) is 5.75. The molecule has 2 aromatic rings. The van der Waals surface area contributed by atoms with Gasteiger partial charge in [-0.25, -0.2) is 0 Å². The Kier molecular flexibility index (Phi) is 4.26. The average Bonchev–Trinajstić information content (AvgIpc) is 2.94. The van der Waals surface area contributed by atoms with Crippen molar-refractivity contribution >= 4 is 0 Å². The van der Waals surface area contributed by atoms with Gasteiger partial charge in [0, 0.05) is 6.54 Å². The molecule has 0 atom stereocenters. The van der Waals surface area contributed by atoms with Crippen molar-refractivity contribution in [2.24, 2.45) is 0 Å². The molecule has 0 aromatic heterocycles. The van der Waals surface area contributed by atoms with Gasteiger partial charge >= 0.3 is 0 Å². The van der Waals surface area contributed by atoms with E-state index in [0.29, 0.717) is 0 Å². The van der Waals surface area contributed by atoms with Crippen LogP contribution in [0.2, 0.25) is 0 Å². The van der Waals surface area contributed by atoms with Crippen molar-refractivity contribution in [3.8, 4) is 11.5 Å². The lowest BCUT2D eigenvalue weighted by atomic mass is 10.1. The lowest BCUT2D eigenvalue weighted by Gasteiger charge is -2.11. The summed E-state index contributed by atoms with van der Waals surface area (Å²) in [5, 5.41) is 3.36. The Bertz CT molecular complexity index is 633. The molecule has 2 heteroatoms. The van der Waals surface area contributed by atoms with E-state index in [1.165, 1.54) is 41.5 Å². The number of rotatable bonds is 5. The first-order chi connectivity index (χ1) is 10.3. The average molecular weight is 281 g/mol. The Morgan fingerprint density at radius 3 is 2.57 bits per heavy atom. The highest BCUT2D eigenvalue weighted by atomic mass is 16.5. The highest BCUT2D eigenvalue weighted by Gasteiger charge is 2.11. The highest BCUT2D eigenvalue weighted by molar-refractivity contribution is 5.42. The van der Waals surface area contributed by atoms with Crippen LogP contribution in [0.3, 0.4) is 0 Å². The van der Waals surface area contributed by atoms with Crippen molar-refractivity contribution in [3.05, 3.63) is 58.7 Å². The lowest BCUT2D eigenvalue weighted by molar-refractivity contribution is 0.481. The van der Waals surface area contributed by atoms with E-state index in [-0.39, 0.29) is 0 Å². The van der Waals surface area contributed by atoms with Crippen LogP contribution in [-0.2, 0) is 19.4 Å². The van der Waals surface area contributed by atoms with E-state index < -0.39 is 0 Å². The number of nitrogens with one attached hydrogen (secondary N) is 1. The number of ether oxygens (including phenoxy) is 1. The fraction of sp³-hybridized carbons (Fsp3) is 0.368. The molecule has 0 unspecified atom stereocenters. The van der Waals surface area contributed by atoms with Gasteiger partial charge < -0.3 is 10.1 Å². The van der Waals surface area contributed by atoms with Gasteiger partial charge in [0.1, 0.15) is 11.5 Å². The minimum Gasteiger partial charge on any atom is -0.457 e. The largest absolute Gasteiger partial charge is 0.457 e. The van der Waals surface area contributed by atoms with Gasteiger partial charge in [-0.05, 0) is 79.3 Å². The van der Waals surface area contributed by atoms with E-state index in [4.69, 9.17) is 4.74 Å². The lowest BCUT2D eigenvalue weighted by Crippen LogP contribution is -2.12. The first-order valence-corrected chi connectivity index (χ1v) is 7.86. The van der Waals surface area contributed by atoms with Crippen molar-refractivity contribution in [3.63, 3.8) is 0 Å². The van der Waals surface area contributed by atoms with Crippen LogP contribution < -0.4 is 10.1 Å². The van der Waals surface area contributed by atoms with E-state index in [9.17, 15) is 0 Å². The Morgan fingerprint density at radius 1 is 1.00 bits per heavy atom. The Morgan fingerprint density at radius 2 is 1.76 bits per heavy atom. The summed E-state index contributed by atoms with van der Waals surface area (Å²) in [7, 11) is 0. The topological polar surface area (TPSA) is 21.3 Å². The van der Waals surface area contributed by atoms with E-state index in [1.54, 1.807) is 0 Å². The molecule has 0 aliphatic heterocycles. The van der Waals surface area contributed by atoms with E-state index >= 15 is 0 Å². The Labute approximate surface area is 127 Å². The minimum absolute atomic E-state index is 0.918. The van der Waals surface area contributed by atoms with Gasteiger partial charge in [0.15, 0.2) is 0 Å². The van der Waals surface area contributed by atoms with Gasteiger partial charge in [0.25, 0.3) is 0 Å². The van der Waals surface area contributed by atoms with Crippen LogP contribution in [0.5, 0.6) is 11.5 Å². The predicted molar refractivity (Wildman–Crippen MR) is 87.1 cm³/mol. The summed E-state index contributed by atoms with van der Waals surface area (Å²) < 4.78 is 6.02. The monoisotopic (exact) mass is 281 g/mol. The molecule has 0 spiro atoms. The zero-order chi connectivity index (χ0) is 14.7. The van der Waals surface area contributed by atoms with Crippen LogP contribution in [0, 0.1) is 6.92 Å². The van der Waals surface area contributed by atoms with Crippen LogP contribution in [0.25, 0.3) is 0 Å². The summed E-state index contributed by atoms with van der Waals surface area (Å²) in [5.74, 6) is 1.88. The zero-order valence-electron chi connectivity index (χ0n) is 12.9. The first-order valence-electron chi connectivity index (χ1n) is 7.86. The smallest absolute Gasteiger partial charge is 0.127 e. The summed E-state index contributed by atoms with van der Waals surface area (Å²) in [6.45, 7) is 6.18. The fourth-order valence-electron chi connectivity index (χ4n) is 2.94. The second kappa shape index (κ2) is 6.31. The molecule has 0 saturated carbocycles. The molecule has 0 amide bonds. The maximum atomic E-state index is 6.02. The number of benzene rings is 2. The van der Waals surface area contributed by atoms with Crippen LogP contribution in [0.1, 0.15) is 35.6 Å². The van der Waals surface area contributed by atoms with Crippen molar-refractivity contribution < 1.29 is 4.74 Å². The van der Waals surface area contributed by atoms with Crippen LogP contribution in [0.15, 0.2) is 36.4 Å². The third kappa shape index (κ3) is 3.27. The molecule has 2 nitrogen and oxygen atoms in total. The van der Waals surface area contributed by atoms with Crippen molar-refractivity contribution in [2.75, 3.05) is 6.54 Å². The third-order valence-corrected chi connectivity index (χ3v) is 4.19. The van der Waals surface area contributed by atoms with Gasteiger partial charge in [0.2, 0.25) is 0 Å². The summed E-state index contributed by atoms with van der Waals surface area (Å²) in [4.78, 5) is 0. The standard InChI is InChI=1S/C19H23NO/c1-3-20-13-17-8-10-18(11-14(17)2)21-19-9-7-15-5-4-6-16(15)12-19/h7-12,20H,3-6,13H2,1-2H3. The van der Waals surface area contributed by atoms with Crippen LogP contribution in [0.4, 0.5) is 0 Å². The molecule has 1 aliphatic carbocycles. The quantitative estimate of drug-likeness (QED) is 0.878. The molecule has 1 aliphatic rings. The number of hydrogen-bond acceptors (Lipinski definition) is 2. The second-order valence-corrected chi connectivity index (χ2v) is 5.75.